The van der Waals surface area contributed by atoms with E-state index in [2.05, 4.69) is 38.1 Å². The highest BCUT2D eigenvalue weighted by Crippen LogP contribution is 2.38. The molecule has 1 aromatic heterocycles. The number of fused-ring (bicyclic) bond motifs is 1. The lowest BCUT2D eigenvalue weighted by molar-refractivity contribution is -0.385. The van der Waals surface area contributed by atoms with E-state index in [4.69, 9.17) is 0 Å². The van der Waals surface area contributed by atoms with E-state index in [-0.39, 0.29) is 5.69 Å². The second kappa shape index (κ2) is 4.72. The largest absolute Gasteiger partial charge is 0.352 e. The van der Waals surface area contributed by atoms with E-state index in [1.54, 1.807) is 0 Å². The predicted molar refractivity (Wildman–Crippen MR) is 75.2 cm³/mol. The predicted octanol–water partition coefficient (Wildman–Crippen LogP) is 1.80. The molecule has 19 heavy (non-hydrogen) atoms. The van der Waals surface area contributed by atoms with E-state index in [0.717, 1.165) is 25.5 Å². The average Bonchev–Trinajstić information content (AvgIpc) is 2.93. The molecule has 0 aromatic carbocycles. The van der Waals surface area contributed by atoms with Crippen molar-refractivity contribution in [2.45, 2.75) is 13.0 Å². The quantitative estimate of drug-likeness (QED) is 0.662. The number of nitro groups is 1. The Morgan fingerprint density at radius 1 is 1.58 bits per heavy atom. The molecule has 1 aromatic rings. The number of hydrogen-bond donors (Lipinski definition) is 1. The second-order valence-electron chi connectivity index (χ2n) is 5.23. The molecule has 3 atom stereocenters. The van der Waals surface area contributed by atoms with E-state index < -0.39 is 4.92 Å². The first kappa shape index (κ1) is 12.8. The molecule has 3 unspecified atom stereocenters. The minimum atomic E-state index is -0.423. The Hall–Kier alpha value is -1.21. The van der Waals surface area contributed by atoms with Crippen LogP contribution < -0.4 is 10.2 Å². The van der Waals surface area contributed by atoms with Crippen LogP contribution in [0.3, 0.4) is 0 Å². The minimum Gasteiger partial charge on any atom is -0.352 e. The molecule has 2 aliphatic rings. The van der Waals surface area contributed by atoms with E-state index in [0.29, 0.717) is 22.4 Å². The number of nitrogens with zero attached hydrogens (tertiary/aromatic N) is 3. The van der Waals surface area contributed by atoms with Gasteiger partial charge >= 0.3 is 0 Å². The summed E-state index contributed by atoms with van der Waals surface area (Å²) in [6.45, 7) is 5.26. The number of hydrogen-bond acceptors (Lipinski definition) is 5. The fourth-order valence-corrected chi connectivity index (χ4v) is 3.74. The zero-order chi connectivity index (χ0) is 13.6. The van der Waals surface area contributed by atoms with Gasteiger partial charge in [-0.2, -0.15) is 0 Å². The summed E-state index contributed by atoms with van der Waals surface area (Å²) in [6.07, 6.45) is 1.33. The van der Waals surface area contributed by atoms with Crippen LogP contribution in [0.5, 0.6) is 0 Å². The van der Waals surface area contributed by atoms with Crippen molar-refractivity contribution in [2.75, 3.05) is 24.5 Å². The van der Waals surface area contributed by atoms with Crippen LogP contribution >= 0.6 is 15.9 Å². The maximum absolute atomic E-state index is 10.7. The normalized spacial score (nSPS) is 29.6. The van der Waals surface area contributed by atoms with Crippen LogP contribution in [-0.4, -0.2) is 35.6 Å². The standard InChI is InChI=1S/C12H15BrN4O2/c1-7-10-5-14-3-8(10)6-16(7)12-11(13)2-9(4-15-12)17(18)19/h2,4,7-8,10,14H,3,5-6H2,1H3. The maximum Gasteiger partial charge on any atom is 0.288 e. The van der Waals surface area contributed by atoms with Crippen molar-refractivity contribution in [2.24, 2.45) is 11.8 Å². The molecule has 2 fully saturated rings. The van der Waals surface area contributed by atoms with Crippen molar-refractivity contribution in [3.63, 3.8) is 0 Å². The van der Waals surface area contributed by atoms with Gasteiger partial charge in [0.05, 0.1) is 9.40 Å². The van der Waals surface area contributed by atoms with Crippen LogP contribution in [0.4, 0.5) is 11.5 Å². The van der Waals surface area contributed by atoms with Gasteiger partial charge in [0.25, 0.3) is 5.69 Å². The van der Waals surface area contributed by atoms with Crippen LogP contribution in [0.15, 0.2) is 16.7 Å². The first-order valence-electron chi connectivity index (χ1n) is 6.35. The van der Waals surface area contributed by atoms with Gasteiger partial charge < -0.3 is 10.2 Å². The fraction of sp³-hybridized carbons (Fsp3) is 0.583. The summed E-state index contributed by atoms with van der Waals surface area (Å²) < 4.78 is 0.696. The highest BCUT2D eigenvalue weighted by Gasteiger charge is 2.42. The van der Waals surface area contributed by atoms with Gasteiger partial charge in [0.1, 0.15) is 12.0 Å². The monoisotopic (exact) mass is 326 g/mol. The molecule has 6 nitrogen and oxygen atoms in total. The van der Waals surface area contributed by atoms with Gasteiger partial charge in [0.15, 0.2) is 0 Å². The van der Waals surface area contributed by atoms with Gasteiger partial charge in [-0.15, -0.1) is 0 Å². The number of pyridine rings is 1. The number of nitrogens with one attached hydrogen (secondary N) is 1. The number of aromatic nitrogens is 1. The first-order valence-corrected chi connectivity index (χ1v) is 7.14. The Bertz CT molecular complexity index is 524. The molecular weight excluding hydrogens is 312 g/mol. The molecule has 0 bridgehead atoms. The summed E-state index contributed by atoms with van der Waals surface area (Å²) in [5, 5.41) is 14.1. The van der Waals surface area contributed by atoms with Crippen molar-refractivity contribution >= 4 is 27.4 Å². The van der Waals surface area contributed by atoms with E-state index >= 15 is 0 Å². The van der Waals surface area contributed by atoms with E-state index in [9.17, 15) is 10.1 Å². The smallest absolute Gasteiger partial charge is 0.288 e. The summed E-state index contributed by atoms with van der Waals surface area (Å²) in [5.74, 6) is 2.11. The van der Waals surface area contributed by atoms with Gasteiger partial charge in [-0.05, 0) is 34.7 Å². The SMILES string of the molecule is CC1C2CNCC2CN1c1ncc([N+](=O)[O-])cc1Br. The average molecular weight is 327 g/mol. The molecule has 2 aliphatic heterocycles. The first-order chi connectivity index (χ1) is 9.08. The summed E-state index contributed by atoms with van der Waals surface area (Å²) in [7, 11) is 0. The summed E-state index contributed by atoms with van der Waals surface area (Å²) >= 11 is 3.41. The summed E-state index contributed by atoms with van der Waals surface area (Å²) in [5.41, 5.74) is 0.0179. The molecule has 102 valence electrons. The van der Waals surface area contributed by atoms with Crippen LogP contribution in [0.1, 0.15) is 6.92 Å². The number of rotatable bonds is 2. The van der Waals surface area contributed by atoms with Gasteiger partial charge in [0.2, 0.25) is 0 Å². The third-order valence-electron chi connectivity index (χ3n) is 4.22. The lowest BCUT2D eigenvalue weighted by Gasteiger charge is -2.26. The van der Waals surface area contributed by atoms with Crippen molar-refractivity contribution in [1.29, 1.82) is 0 Å². The Morgan fingerprint density at radius 3 is 3.00 bits per heavy atom. The van der Waals surface area contributed by atoms with Gasteiger partial charge in [-0.1, -0.05) is 0 Å². The lowest BCUT2D eigenvalue weighted by atomic mass is 9.95. The number of anilines is 1. The van der Waals surface area contributed by atoms with Crippen molar-refractivity contribution in [1.82, 2.24) is 10.3 Å². The zero-order valence-electron chi connectivity index (χ0n) is 10.5. The fourth-order valence-electron chi connectivity index (χ4n) is 3.18. The third-order valence-corrected chi connectivity index (χ3v) is 4.81. The maximum atomic E-state index is 10.7. The number of halogens is 1. The molecule has 7 heteroatoms. The van der Waals surface area contributed by atoms with Crippen LogP contribution in [0.25, 0.3) is 0 Å². The Balaban J connectivity index is 1.89. The third kappa shape index (κ3) is 2.10. The molecule has 0 amide bonds. The molecule has 0 radical (unpaired) electrons. The van der Waals surface area contributed by atoms with Crippen molar-refractivity contribution in [3.8, 4) is 0 Å². The molecule has 0 spiro atoms. The molecule has 0 aliphatic carbocycles. The molecule has 3 rings (SSSR count). The van der Waals surface area contributed by atoms with Crippen LogP contribution in [0, 0.1) is 22.0 Å². The second-order valence-corrected chi connectivity index (χ2v) is 6.09. The van der Waals surface area contributed by atoms with E-state index in [1.807, 2.05) is 0 Å². The zero-order valence-corrected chi connectivity index (χ0v) is 12.1. The Labute approximate surface area is 119 Å². The lowest BCUT2D eigenvalue weighted by Crippen LogP contribution is -2.34. The molecule has 3 heterocycles. The molecular formula is C12H15BrN4O2. The van der Waals surface area contributed by atoms with E-state index in [1.165, 1.54) is 12.3 Å². The van der Waals surface area contributed by atoms with Crippen LogP contribution in [0.2, 0.25) is 0 Å². The van der Waals surface area contributed by atoms with Gasteiger partial charge in [0, 0.05) is 31.7 Å². The molecule has 0 saturated carbocycles. The Morgan fingerprint density at radius 2 is 2.37 bits per heavy atom. The highest BCUT2D eigenvalue weighted by atomic mass is 79.9. The molecule has 2 saturated heterocycles. The van der Waals surface area contributed by atoms with Gasteiger partial charge in [-0.3, -0.25) is 10.1 Å². The summed E-state index contributed by atoms with van der Waals surface area (Å²) in [6, 6.07) is 1.94. The minimum absolute atomic E-state index is 0.0179. The van der Waals surface area contributed by atoms with Crippen LogP contribution in [-0.2, 0) is 0 Å². The Kier molecular flexibility index (Phi) is 3.18. The molecule has 1 N–H and O–H groups in total. The van der Waals surface area contributed by atoms with Gasteiger partial charge in [-0.25, -0.2) is 4.98 Å². The summed E-state index contributed by atoms with van der Waals surface area (Å²) in [4.78, 5) is 16.8. The topological polar surface area (TPSA) is 71.3 Å². The van der Waals surface area contributed by atoms with Crippen molar-refractivity contribution < 1.29 is 4.92 Å². The highest BCUT2D eigenvalue weighted by molar-refractivity contribution is 9.10. The van der Waals surface area contributed by atoms with Crippen molar-refractivity contribution in [3.05, 3.63) is 26.9 Å².